The van der Waals surface area contributed by atoms with Gasteiger partial charge in [0.2, 0.25) is 5.91 Å². The van der Waals surface area contributed by atoms with Gasteiger partial charge in [-0.15, -0.1) is 0 Å². The van der Waals surface area contributed by atoms with Crippen molar-refractivity contribution in [1.82, 2.24) is 4.57 Å². The predicted octanol–water partition coefficient (Wildman–Crippen LogP) is 6.47. The summed E-state index contributed by atoms with van der Waals surface area (Å²) in [4.78, 5) is 12.3. The lowest BCUT2D eigenvalue weighted by Gasteiger charge is -2.11. The molecule has 5 aromatic carbocycles. The molecule has 1 heterocycles. The topological polar surface area (TPSA) is 68.2 Å². The number of rotatable bonds is 4. The van der Waals surface area contributed by atoms with E-state index in [9.17, 15) is 9.90 Å². The lowest BCUT2D eigenvalue weighted by Crippen LogP contribution is -2.11. The van der Waals surface area contributed by atoms with Crippen molar-refractivity contribution >= 4 is 38.5 Å². The number of nitrogens with two attached hydrogens (primary N) is 1. The van der Waals surface area contributed by atoms with E-state index in [1.807, 2.05) is 54.6 Å². The Morgan fingerprint density at radius 3 is 2.26 bits per heavy atom. The van der Waals surface area contributed by atoms with E-state index in [1.54, 1.807) is 12.1 Å². The minimum atomic E-state index is -0.512. The number of carbonyl (C=O) groups excluding carboxylic acids is 1. The first-order chi connectivity index (χ1) is 16.6. The molecule has 0 saturated heterocycles. The summed E-state index contributed by atoms with van der Waals surface area (Å²) in [5.41, 5.74) is 10.9. The van der Waals surface area contributed by atoms with Gasteiger partial charge in [-0.3, -0.25) is 4.79 Å². The number of hydrogen-bond acceptors (Lipinski definition) is 2. The predicted molar refractivity (Wildman–Crippen MR) is 138 cm³/mol. The molecular weight excluding hydrogens is 420 g/mol. The Morgan fingerprint density at radius 2 is 1.47 bits per heavy atom. The minimum absolute atomic E-state index is 0.132. The van der Waals surface area contributed by atoms with Gasteiger partial charge >= 0.3 is 0 Å². The molecule has 0 atom stereocenters. The second kappa shape index (κ2) is 7.78. The average Bonchev–Trinajstić information content (AvgIpc) is 3.18. The molecule has 0 aliphatic rings. The average molecular weight is 443 g/mol. The van der Waals surface area contributed by atoms with E-state index in [4.69, 9.17) is 5.73 Å². The molecule has 0 aliphatic heterocycles. The maximum atomic E-state index is 12.3. The quantitative estimate of drug-likeness (QED) is 0.329. The molecule has 0 radical (unpaired) electrons. The van der Waals surface area contributed by atoms with Crippen molar-refractivity contribution in [1.29, 1.82) is 0 Å². The van der Waals surface area contributed by atoms with Crippen molar-refractivity contribution in [2.75, 3.05) is 0 Å². The van der Waals surface area contributed by atoms with Crippen molar-refractivity contribution in [2.24, 2.45) is 5.73 Å². The summed E-state index contributed by atoms with van der Waals surface area (Å²) in [6.45, 7) is 0.588. The highest BCUT2D eigenvalue weighted by atomic mass is 16.3. The lowest BCUT2D eigenvalue weighted by molar-refractivity contribution is 0.100. The minimum Gasteiger partial charge on any atom is -0.507 e. The Morgan fingerprint density at radius 1 is 0.706 bits per heavy atom. The molecule has 0 saturated carbocycles. The molecule has 0 unspecified atom stereocenters. The van der Waals surface area contributed by atoms with Crippen molar-refractivity contribution < 1.29 is 9.90 Å². The zero-order chi connectivity index (χ0) is 23.2. The number of nitrogens with zero attached hydrogens (tertiary/aromatic N) is 1. The van der Waals surface area contributed by atoms with Crippen LogP contribution in [0.3, 0.4) is 0 Å². The number of hydrogen-bond donors (Lipinski definition) is 2. The van der Waals surface area contributed by atoms with E-state index < -0.39 is 5.91 Å². The van der Waals surface area contributed by atoms with Crippen molar-refractivity contribution in [3.05, 3.63) is 114 Å². The molecule has 0 spiro atoms. The number of phenolic OH excluding ortho intramolecular Hbond substituents is 1. The third-order valence-electron chi connectivity index (χ3n) is 6.50. The van der Waals surface area contributed by atoms with Crippen molar-refractivity contribution in [2.45, 2.75) is 6.54 Å². The van der Waals surface area contributed by atoms with Crippen LogP contribution in [0.2, 0.25) is 0 Å². The van der Waals surface area contributed by atoms with E-state index in [1.165, 1.54) is 10.8 Å². The summed E-state index contributed by atoms with van der Waals surface area (Å²) in [6, 6.07) is 34.1. The molecule has 34 heavy (non-hydrogen) atoms. The Balaban J connectivity index is 1.65. The maximum absolute atomic E-state index is 12.3. The fourth-order valence-electron chi connectivity index (χ4n) is 4.93. The van der Waals surface area contributed by atoms with E-state index >= 15 is 0 Å². The summed E-state index contributed by atoms with van der Waals surface area (Å²) in [6.07, 6.45) is 0. The normalized spacial score (nSPS) is 11.4. The number of aromatic hydroxyl groups is 1. The number of carbonyl (C=O) groups is 1. The molecule has 6 aromatic rings. The van der Waals surface area contributed by atoms with E-state index in [-0.39, 0.29) is 5.75 Å². The first kappa shape index (κ1) is 20.1. The van der Waals surface area contributed by atoms with Crippen molar-refractivity contribution in [3.8, 4) is 16.9 Å². The van der Waals surface area contributed by atoms with Crippen LogP contribution in [0.15, 0.2) is 103 Å². The zero-order valence-corrected chi connectivity index (χ0v) is 18.4. The van der Waals surface area contributed by atoms with Crippen LogP contribution in [0.1, 0.15) is 15.9 Å². The SMILES string of the molecule is NC(=O)c1cccc2c1c1c(O)cc(-c3ccccc3)cc1n2Cc1ccc2ccccc2c1. The van der Waals surface area contributed by atoms with Gasteiger partial charge in [-0.25, -0.2) is 0 Å². The summed E-state index contributed by atoms with van der Waals surface area (Å²) in [7, 11) is 0. The van der Waals surface area contributed by atoms with Gasteiger partial charge in [0.1, 0.15) is 5.75 Å². The summed E-state index contributed by atoms with van der Waals surface area (Å²) in [5.74, 6) is -0.380. The highest BCUT2D eigenvalue weighted by molar-refractivity contribution is 6.20. The number of phenols is 1. The van der Waals surface area contributed by atoms with Crippen LogP contribution in [0.25, 0.3) is 43.7 Å². The number of amides is 1. The molecule has 3 N–H and O–H groups in total. The van der Waals surface area contributed by atoms with Gasteiger partial charge < -0.3 is 15.4 Å². The third kappa shape index (κ3) is 3.20. The molecular formula is C30H22N2O2. The van der Waals surface area contributed by atoms with E-state index in [2.05, 4.69) is 41.0 Å². The van der Waals surface area contributed by atoms with Gasteiger partial charge in [0.15, 0.2) is 0 Å². The fraction of sp³-hybridized carbons (Fsp3) is 0.0333. The van der Waals surface area contributed by atoms with E-state index in [0.717, 1.165) is 27.7 Å². The Bertz CT molecular complexity index is 1720. The van der Waals surface area contributed by atoms with Crippen LogP contribution in [-0.2, 0) is 6.54 Å². The molecule has 0 fully saturated rings. The van der Waals surface area contributed by atoms with Gasteiger partial charge in [0.05, 0.1) is 16.4 Å². The van der Waals surface area contributed by atoms with Crippen molar-refractivity contribution in [3.63, 3.8) is 0 Å². The summed E-state index contributed by atoms with van der Waals surface area (Å²) >= 11 is 0. The molecule has 4 nitrogen and oxygen atoms in total. The first-order valence-electron chi connectivity index (χ1n) is 11.2. The molecule has 1 amide bonds. The van der Waals surface area contributed by atoms with Crippen LogP contribution in [0.4, 0.5) is 0 Å². The monoisotopic (exact) mass is 442 g/mol. The van der Waals surface area contributed by atoms with Gasteiger partial charge in [-0.1, -0.05) is 72.8 Å². The molecule has 4 heteroatoms. The number of benzene rings is 5. The third-order valence-corrected chi connectivity index (χ3v) is 6.50. The van der Waals surface area contributed by atoms with Crippen LogP contribution in [-0.4, -0.2) is 15.6 Å². The second-order valence-corrected chi connectivity index (χ2v) is 8.59. The Labute approximate surface area is 196 Å². The number of aromatic nitrogens is 1. The standard InChI is InChI=1S/C30H22N2O2/c31-30(34)24-11-6-12-25-28(24)29-26(16-23(17-27(29)33)20-7-2-1-3-8-20)32(25)18-19-13-14-21-9-4-5-10-22(21)15-19/h1-17,33H,18H2,(H2,31,34). The van der Waals surface area contributed by atoms with Gasteiger partial charge in [-0.2, -0.15) is 0 Å². The largest absolute Gasteiger partial charge is 0.507 e. The van der Waals surface area contributed by atoms with Crippen LogP contribution >= 0.6 is 0 Å². The smallest absolute Gasteiger partial charge is 0.249 e. The lowest BCUT2D eigenvalue weighted by atomic mass is 10.0. The molecule has 6 rings (SSSR count). The van der Waals surface area contributed by atoms with Gasteiger partial charge in [0.25, 0.3) is 0 Å². The molecule has 0 aliphatic carbocycles. The molecule has 0 bridgehead atoms. The highest BCUT2D eigenvalue weighted by Crippen LogP contribution is 2.40. The molecule has 1 aromatic heterocycles. The Kier molecular flexibility index (Phi) is 4.59. The van der Waals surface area contributed by atoms with Crippen LogP contribution in [0.5, 0.6) is 5.75 Å². The number of primary amides is 1. The van der Waals surface area contributed by atoms with Crippen LogP contribution in [0, 0.1) is 0 Å². The first-order valence-corrected chi connectivity index (χ1v) is 11.2. The Hall–Kier alpha value is -4.57. The second-order valence-electron chi connectivity index (χ2n) is 8.59. The van der Waals surface area contributed by atoms with Gasteiger partial charge in [-0.05, 0) is 57.8 Å². The van der Waals surface area contributed by atoms with Gasteiger partial charge in [0, 0.05) is 17.5 Å². The fourth-order valence-corrected chi connectivity index (χ4v) is 4.93. The summed E-state index contributed by atoms with van der Waals surface area (Å²) < 4.78 is 2.16. The molecule has 164 valence electrons. The zero-order valence-electron chi connectivity index (χ0n) is 18.4. The summed E-state index contributed by atoms with van der Waals surface area (Å²) in [5, 5.41) is 14.9. The van der Waals surface area contributed by atoms with E-state index in [0.29, 0.717) is 22.9 Å². The number of fused-ring (bicyclic) bond motifs is 4. The highest BCUT2D eigenvalue weighted by Gasteiger charge is 2.20. The van der Waals surface area contributed by atoms with Crippen LogP contribution < -0.4 is 5.73 Å². The maximum Gasteiger partial charge on any atom is 0.249 e.